The molecule has 1 aliphatic heterocycles. The molecule has 5 heteroatoms. The minimum Gasteiger partial charge on any atom is -0.388 e. The molecule has 23 heavy (non-hydrogen) atoms. The largest absolute Gasteiger partial charge is 0.388 e. The number of aromatic nitrogens is 1. The number of aryl methyl sites for hydroxylation is 2. The Morgan fingerprint density at radius 3 is 2.96 bits per heavy atom. The summed E-state index contributed by atoms with van der Waals surface area (Å²) in [5.41, 5.74) is 2.83. The number of benzene rings is 1. The summed E-state index contributed by atoms with van der Waals surface area (Å²) in [4.78, 5) is 15.4. The number of carbonyl (C=O) groups is 1. The topological polar surface area (TPSA) is 65.1 Å². The molecule has 0 aliphatic carbocycles. The van der Waals surface area contributed by atoms with Crippen LogP contribution < -0.4 is 5.32 Å². The molecule has 0 saturated carbocycles. The van der Waals surface area contributed by atoms with E-state index in [1.807, 2.05) is 24.0 Å². The summed E-state index contributed by atoms with van der Waals surface area (Å²) in [6.45, 7) is 2.46. The standard InChI is InChI=1S/C18H24N2O2S/c1-13-3-2-4-15-14(11-19-17(13)15)5-6-16(21)20-12-18(22)7-9-23-10-8-18/h2-4,11,19,22H,5-10,12H2,1H3,(H,20,21). The van der Waals surface area contributed by atoms with Crippen molar-refractivity contribution in [2.45, 2.75) is 38.2 Å². The van der Waals surface area contributed by atoms with Crippen molar-refractivity contribution in [3.05, 3.63) is 35.5 Å². The maximum atomic E-state index is 12.1. The van der Waals surface area contributed by atoms with Gasteiger partial charge in [-0.2, -0.15) is 11.8 Å². The normalized spacial score (nSPS) is 17.3. The van der Waals surface area contributed by atoms with Crippen LogP contribution in [0.15, 0.2) is 24.4 Å². The quantitative estimate of drug-likeness (QED) is 0.789. The average molecular weight is 332 g/mol. The Bertz CT molecular complexity index is 689. The number of hydrogen-bond acceptors (Lipinski definition) is 3. The van der Waals surface area contributed by atoms with Crippen LogP contribution in [0.4, 0.5) is 0 Å². The third-order valence-corrected chi connectivity index (χ3v) is 5.65. The molecule has 1 aromatic heterocycles. The first-order chi connectivity index (χ1) is 11.1. The summed E-state index contributed by atoms with van der Waals surface area (Å²) in [6, 6.07) is 6.22. The first-order valence-corrected chi connectivity index (χ1v) is 9.35. The van der Waals surface area contributed by atoms with Gasteiger partial charge in [0.25, 0.3) is 0 Å². The van der Waals surface area contributed by atoms with E-state index in [1.54, 1.807) is 0 Å². The molecule has 0 unspecified atom stereocenters. The lowest BCUT2D eigenvalue weighted by Crippen LogP contribution is -2.45. The van der Waals surface area contributed by atoms with E-state index >= 15 is 0 Å². The monoisotopic (exact) mass is 332 g/mol. The van der Waals surface area contributed by atoms with Crippen molar-refractivity contribution in [1.82, 2.24) is 10.3 Å². The fourth-order valence-corrected chi connectivity index (χ4v) is 4.35. The van der Waals surface area contributed by atoms with Crippen LogP contribution >= 0.6 is 11.8 Å². The summed E-state index contributed by atoms with van der Waals surface area (Å²) in [7, 11) is 0. The third-order valence-electron chi connectivity index (χ3n) is 4.67. The number of hydrogen-bond donors (Lipinski definition) is 3. The molecule has 3 rings (SSSR count). The number of amides is 1. The Morgan fingerprint density at radius 2 is 2.17 bits per heavy atom. The Morgan fingerprint density at radius 1 is 1.39 bits per heavy atom. The van der Waals surface area contributed by atoms with Crippen molar-refractivity contribution in [3.8, 4) is 0 Å². The van der Waals surface area contributed by atoms with E-state index in [0.29, 0.717) is 19.4 Å². The molecule has 0 bridgehead atoms. The Hall–Kier alpha value is -1.46. The van der Waals surface area contributed by atoms with Crippen molar-refractivity contribution in [1.29, 1.82) is 0 Å². The van der Waals surface area contributed by atoms with E-state index in [0.717, 1.165) is 29.9 Å². The number of thioether (sulfide) groups is 1. The molecule has 4 nitrogen and oxygen atoms in total. The second-order valence-electron chi connectivity index (χ2n) is 6.42. The first kappa shape index (κ1) is 16.4. The van der Waals surface area contributed by atoms with Crippen LogP contribution in [0.2, 0.25) is 0 Å². The highest BCUT2D eigenvalue weighted by Gasteiger charge is 2.29. The molecule has 1 aromatic carbocycles. The highest BCUT2D eigenvalue weighted by atomic mass is 32.2. The van der Waals surface area contributed by atoms with Crippen LogP contribution in [0.5, 0.6) is 0 Å². The van der Waals surface area contributed by atoms with Gasteiger partial charge in [0.1, 0.15) is 0 Å². The molecule has 1 aliphatic rings. The summed E-state index contributed by atoms with van der Waals surface area (Å²) < 4.78 is 0. The second kappa shape index (κ2) is 6.97. The molecule has 0 atom stereocenters. The van der Waals surface area contributed by atoms with Gasteiger partial charge >= 0.3 is 0 Å². The summed E-state index contributed by atoms with van der Waals surface area (Å²) in [5, 5.41) is 14.5. The third kappa shape index (κ3) is 3.90. The van der Waals surface area contributed by atoms with Crippen LogP contribution in [-0.2, 0) is 11.2 Å². The van der Waals surface area contributed by atoms with Crippen molar-refractivity contribution < 1.29 is 9.90 Å². The van der Waals surface area contributed by atoms with Gasteiger partial charge in [-0.05, 0) is 48.8 Å². The van der Waals surface area contributed by atoms with Gasteiger partial charge in [-0.15, -0.1) is 0 Å². The summed E-state index contributed by atoms with van der Waals surface area (Å²) in [5.74, 6) is 1.96. The van der Waals surface area contributed by atoms with Crippen LogP contribution in [0.1, 0.15) is 30.4 Å². The zero-order valence-corrected chi connectivity index (χ0v) is 14.3. The van der Waals surface area contributed by atoms with Gasteiger partial charge in [-0.25, -0.2) is 0 Å². The molecular formula is C18H24N2O2S. The van der Waals surface area contributed by atoms with Gasteiger partial charge in [0.2, 0.25) is 5.91 Å². The minimum atomic E-state index is -0.710. The smallest absolute Gasteiger partial charge is 0.220 e. The predicted octanol–water partition coefficient (Wildman–Crippen LogP) is 2.78. The first-order valence-electron chi connectivity index (χ1n) is 8.20. The average Bonchev–Trinajstić information content (AvgIpc) is 2.96. The number of para-hydroxylation sites is 1. The van der Waals surface area contributed by atoms with E-state index in [2.05, 4.69) is 29.4 Å². The van der Waals surface area contributed by atoms with Gasteiger partial charge in [0, 0.05) is 30.1 Å². The van der Waals surface area contributed by atoms with Gasteiger partial charge < -0.3 is 15.4 Å². The number of aromatic amines is 1. The zero-order chi connectivity index (χ0) is 16.3. The van der Waals surface area contributed by atoms with Crippen molar-refractivity contribution in [2.24, 2.45) is 0 Å². The number of fused-ring (bicyclic) bond motifs is 1. The number of H-pyrrole nitrogens is 1. The molecule has 0 spiro atoms. The highest BCUT2D eigenvalue weighted by Crippen LogP contribution is 2.26. The maximum absolute atomic E-state index is 12.1. The molecule has 1 saturated heterocycles. The van der Waals surface area contributed by atoms with Crippen LogP contribution in [0, 0.1) is 6.92 Å². The van der Waals surface area contributed by atoms with E-state index in [4.69, 9.17) is 0 Å². The second-order valence-corrected chi connectivity index (χ2v) is 7.65. The predicted molar refractivity (Wildman–Crippen MR) is 95.9 cm³/mol. The van der Waals surface area contributed by atoms with Crippen LogP contribution in [0.3, 0.4) is 0 Å². The number of nitrogens with one attached hydrogen (secondary N) is 2. The summed E-state index contributed by atoms with van der Waals surface area (Å²) in [6.07, 6.45) is 4.69. The fraction of sp³-hybridized carbons (Fsp3) is 0.500. The number of carbonyl (C=O) groups excluding carboxylic acids is 1. The molecule has 2 heterocycles. The Labute approximate surface area is 141 Å². The molecule has 3 N–H and O–H groups in total. The molecule has 1 fully saturated rings. The number of rotatable bonds is 5. The fourth-order valence-electron chi connectivity index (χ4n) is 3.10. The van der Waals surface area contributed by atoms with Gasteiger partial charge in [0.15, 0.2) is 0 Å². The van der Waals surface area contributed by atoms with E-state index in [9.17, 15) is 9.90 Å². The summed E-state index contributed by atoms with van der Waals surface area (Å²) >= 11 is 1.87. The Kier molecular flexibility index (Phi) is 4.97. The lowest BCUT2D eigenvalue weighted by Gasteiger charge is -2.31. The Balaban J connectivity index is 1.53. The molecule has 2 aromatic rings. The van der Waals surface area contributed by atoms with Crippen molar-refractivity contribution in [3.63, 3.8) is 0 Å². The minimum absolute atomic E-state index is 0.0126. The van der Waals surface area contributed by atoms with E-state index in [1.165, 1.54) is 16.5 Å². The highest BCUT2D eigenvalue weighted by molar-refractivity contribution is 7.99. The van der Waals surface area contributed by atoms with Crippen LogP contribution in [-0.4, -0.2) is 39.6 Å². The maximum Gasteiger partial charge on any atom is 0.220 e. The van der Waals surface area contributed by atoms with Crippen molar-refractivity contribution >= 4 is 28.6 Å². The van der Waals surface area contributed by atoms with Gasteiger partial charge in [-0.3, -0.25) is 4.79 Å². The molecule has 124 valence electrons. The van der Waals surface area contributed by atoms with Gasteiger partial charge in [-0.1, -0.05) is 18.2 Å². The molecular weight excluding hydrogens is 308 g/mol. The zero-order valence-electron chi connectivity index (χ0n) is 13.5. The van der Waals surface area contributed by atoms with Gasteiger partial charge in [0.05, 0.1) is 5.60 Å². The molecule has 0 radical (unpaired) electrons. The SMILES string of the molecule is Cc1cccc2c(CCC(=O)NCC3(O)CCSCC3)c[nH]c12. The van der Waals surface area contributed by atoms with E-state index in [-0.39, 0.29) is 5.91 Å². The molecule has 1 amide bonds. The number of aliphatic hydroxyl groups is 1. The van der Waals surface area contributed by atoms with E-state index < -0.39 is 5.60 Å². The lowest BCUT2D eigenvalue weighted by molar-refractivity contribution is -0.122. The van der Waals surface area contributed by atoms with Crippen LogP contribution in [0.25, 0.3) is 10.9 Å². The van der Waals surface area contributed by atoms with Crippen molar-refractivity contribution in [2.75, 3.05) is 18.1 Å². The lowest BCUT2D eigenvalue weighted by atomic mass is 9.97.